The Morgan fingerprint density at radius 2 is 1.95 bits per heavy atom. The third kappa shape index (κ3) is 4.07. The highest BCUT2D eigenvalue weighted by atomic mass is 79.9. The second-order valence-corrected chi connectivity index (χ2v) is 8.27. The quantitative estimate of drug-likeness (QED) is 0.592. The summed E-state index contributed by atoms with van der Waals surface area (Å²) < 4.78 is 1.76. The SMILES string of the molecule is O=C(c1cc(Br)sc1Br)N(CCCl)Cc1ccccc1. The molecule has 2 rings (SSSR count). The predicted octanol–water partition coefficient (Wildman–Crippen LogP) is 5.15. The van der Waals surface area contributed by atoms with Crippen LogP contribution in [0.3, 0.4) is 0 Å². The fourth-order valence-corrected chi connectivity index (χ4v) is 4.80. The van der Waals surface area contributed by atoms with Crippen LogP contribution < -0.4 is 0 Å². The van der Waals surface area contributed by atoms with Gasteiger partial charge in [0.25, 0.3) is 5.91 Å². The summed E-state index contributed by atoms with van der Waals surface area (Å²) in [7, 11) is 0. The first kappa shape index (κ1) is 16.0. The van der Waals surface area contributed by atoms with Crippen LogP contribution in [0.5, 0.6) is 0 Å². The lowest BCUT2D eigenvalue weighted by Gasteiger charge is -2.21. The zero-order valence-corrected chi connectivity index (χ0v) is 15.2. The Morgan fingerprint density at radius 3 is 2.50 bits per heavy atom. The van der Waals surface area contributed by atoms with E-state index in [-0.39, 0.29) is 5.91 Å². The normalized spacial score (nSPS) is 10.6. The van der Waals surface area contributed by atoms with E-state index in [4.69, 9.17) is 11.6 Å². The van der Waals surface area contributed by atoms with E-state index in [1.165, 1.54) is 11.3 Å². The van der Waals surface area contributed by atoms with Gasteiger partial charge in [-0.15, -0.1) is 22.9 Å². The standard InChI is InChI=1S/C14H12Br2ClNOS/c15-12-8-11(13(16)20-12)14(19)18(7-6-17)9-10-4-2-1-3-5-10/h1-5,8H,6-7,9H2. The van der Waals surface area contributed by atoms with Crippen molar-refractivity contribution in [3.8, 4) is 0 Å². The summed E-state index contributed by atoms with van der Waals surface area (Å²) in [6.07, 6.45) is 0. The second-order valence-electron chi connectivity index (χ2n) is 4.14. The smallest absolute Gasteiger partial charge is 0.256 e. The number of alkyl halides is 1. The second kappa shape index (κ2) is 7.59. The van der Waals surface area contributed by atoms with Crippen molar-refractivity contribution in [2.45, 2.75) is 6.54 Å². The Bertz CT molecular complexity index is 588. The Balaban J connectivity index is 2.20. The van der Waals surface area contributed by atoms with E-state index in [9.17, 15) is 4.79 Å². The molecule has 0 aliphatic heterocycles. The highest BCUT2D eigenvalue weighted by Crippen LogP contribution is 2.32. The molecule has 0 bridgehead atoms. The molecule has 0 saturated heterocycles. The van der Waals surface area contributed by atoms with Crippen LogP contribution >= 0.6 is 54.8 Å². The molecule has 2 nitrogen and oxygen atoms in total. The summed E-state index contributed by atoms with van der Waals surface area (Å²) in [4.78, 5) is 14.4. The molecular weight excluding hydrogens is 425 g/mol. The molecule has 0 radical (unpaired) electrons. The molecule has 0 N–H and O–H groups in total. The number of amides is 1. The number of halogens is 3. The molecule has 1 heterocycles. The molecule has 2 aromatic rings. The fraction of sp³-hybridized carbons (Fsp3) is 0.214. The maximum absolute atomic E-state index is 12.6. The van der Waals surface area contributed by atoms with Crippen LogP contribution in [0.2, 0.25) is 0 Å². The van der Waals surface area contributed by atoms with Gasteiger partial charge in [0.05, 0.1) is 13.1 Å². The van der Waals surface area contributed by atoms with E-state index in [1.807, 2.05) is 36.4 Å². The van der Waals surface area contributed by atoms with Crippen LogP contribution in [0.1, 0.15) is 15.9 Å². The number of rotatable bonds is 5. The Labute approximate surface area is 144 Å². The number of hydrogen-bond donors (Lipinski definition) is 0. The van der Waals surface area contributed by atoms with Crippen molar-refractivity contribution < 1.29 is 4.79 Å². The van der Waals surface area contributed by atoms with Crippen molar-refractivity contribution in [2.75, 3.05) is 12.4 Å². The van der Waals surface area contributed by atoms with E-state index >= 15 is 0 Å². The lowest BCUT2D eigenvalue weighted by atomic mass is 10.2. The molecule has 0 atom stereocenters. The van der Waals surface area contributed by atoms with Crippen LogP contribution in [0.4, 0.5) is 0 Å². The highest BCUT2D eigenvalue weighted by molar-refractivity contribution is 9.12. The zero-order chi connectivity index (χ0) is 14.5. The molecule has 0 spiro atoms. The van der Waals surface area contributed by atoms with Gasteiger partial charge in [-0.2, -0.15) is 0 Å². The van der Waals surface area contributed by atoms with Gasteiger partial charge < -0.3 is 4.90 Å². The number of hydrogen-bond acceptors (Lipinski definition) is 2. The first-order chi connectivity index (χ1) is 9.61. The average molecular weight is 438 g/mol. The van der Waals surface area contributed by atoms with Gasteiger partial charge >= 0.3 is 0 Å². The number of carbonyl (C=O) groups excluding carboxylic acids is 1. The number of carbonyl (C=O) groups is 1. The Morgan fingerprint density at radius 1 is 1.25 bits per heavy atom. The predicted molar refractivity (Wildman–Crippen MR) is 91.6 cm³/mol. The van der Waals surface area contributed by atoms with Crippen molar-refractivity contribution in [3.63, 3.8) is 0 Å². The molecule has 1 amide bonds. The van der Waals surface area contributed by atoms with E-state index < -0.39 is 0 Å². The topological polar surface area (TPSA) is 20.3 Å². The van der Waals surface area contributed by atoms with Gasteiger partial charge in [0, 0.05) is 19.0 Å². The number of thiophene rings is 1. The van der Waals surface area contributed by atoms with Crippen molar-refractivity contribution in [2.24, 2.45) is 0 Å². The molecule has 20 heavy (non-hydrogen) atoms. The molecular formula is C14H12Br2ClNOS. The van der Waals surface area contributed by atoms with Gasteiger partial charge in [0.15, 0.2) is 0 Å². The summed E-state index contributed by atoms with van der Waals surface area (Å²) in [5.41, 5.74) is 1.76. The lowest BCUT2D eigenvalue weighted by Crippen LogP contribution is -2.32. The van der Waals surface area contributed by atoms with Gasteiger partial charge in [0.2, 0.25) is 0 Å². The van der Waals surface area contributed by atoms with Crippen LogP contribution in [0, 0.1) is 0 Å². The van der Waals surface area contributed by atoms with Crippen molar-refractivity contribution in [1.29, 1.82) is 0 Å². The molecule has 0 fully saturated rings. The monoisotopic (exact) mass is 435 g/mol. The molecule has 1 aromatic carbocycles. The van der Waals surface area contributed by atoms with E-state index in [0.717, 1.165) is 13.1 Å². The maximum Gasteiger partial charge on any atom is 0.256 e. The Hall–Kier alpha value is -0.360. The lowest BCUT2D eigenvalue weighted by molar-refractivity contribution is 0.0753. The summed E-state index contributed by atoms with van der Waals surface area (Å²) in [5.74, 6) is 0.407. The summed E-state index contributed by atoms with van der Waals surface area (Å²) in [6.45, 7) is 1.08. The van der Waals surface area contributed by atoms with E-state index in [2.05, 4.69) is 31.9 Å². The van der Waals surface area contributed by atoms with Crippen LogP contribution in [-0.4, -0.2) is 23.2 Å². The van der Waals surface area contributed by atoms with E-state index in [0.29, 0.717) is 24.5 Å². The minimum atomic E-state index is -0.0108. The molecule has 0 aliphatic carbocycles. The van der Waals surface area contributed by atoms with Crippen LogP contribution in [-0.2, 0) is 6.54 Å². The highest BCUT2D eigenvalue weighted by Gasteiger charge is 2.20. The van der Waals surface area contributed by atoms with Gasteiger partial charge in [-0.1, -0.05) is 30.3 Å². The van der Waals surface area contributed by atoms with Crippen molar-refractivity contribution >= 4 is 60.7 Å². The zero-order valence-electron chi connectivity index (χ0n) is 10.5. The van der Waals surface area contributed by atoms with Gasteiger partial charge in [0.1, 0.15) is 0 Å². The summed E-state index contributed by atoms with van der Waals surface area (Å²) in [5, 5.41) is 0. The largest absolute Gasteiger partial charge is 0.333 e. The third-order valence-electron chi connectivity index (χ3n) is 2.74. The number of benzene rings is 1. The first-order valence-electron chi connectivity index (χ1n) is 5.96. The molecule has 6 heteroatoms. The summed E-state index contributed by atoms with van der Waals surface area (Å²) >= 11 is 14.1. The van der Waals surface area contributed by atoms with E-state index in [1.54, 1.807) is 4.90 Å². The fourth-order valence-electron chi connectivity index (χ4n) is 1.81. The minimum absolute atomic E-state index is 0.0108. The van der Waals surface area contributed by atoms with Crippen molar-refractivity contribution in [1.82, 2.24) is 4.90 Å². The molecule has 106 valence electrons. The van der Waals surface area contributed by atoms with Gasteiger partial charge in [-0.3, -0.25) is 4.79 Å². The third-order valence-corrected chi connectivity index (χ3v) is 5.25. The molecule has 0 unspecified atom stereocenters. The molecule has 0 aliphatic rings. The van der Waals surface area contributed by atoms with Gasteiger partial charge in [-0.05, 0) is 43.5 Å². The van der Waals surface area contributed by atoms with Crippen LogP contribution in [0.25, 0.3) is 0 Å². The average Bonchev–Trinajstić information content (AvgIpc) is 2.77. The summed E-state index contributed by atoms with van der Waals surface area (Å²) in [6, 6.07) is 11.7. The van der Waals surface area contributed by atoms with Crippen LogP contribution in [0.15, 0.2) is 44.0 Å². The molecule has 1 aromatic heterocycles. The maximum atomic E-state index is 12.6. The van der Waals surface area contributed by atoms with Crippen molar-refractivity contribution in [3.05, 3.63) is 55.1 Å². The minimum Gasteiger partial charge on any atom is -0.333 e. The number of nitrogens with zero attached hydrogens (tertiary/aromatic N) is 1. The Kier molecular flexibility index (Phi) is 6.08. The first-order valence-corrected chi connectivity index (χ1v) is 8.89. The molecule has 0 saturated carbocycles. The van der Waals surface area contributed by atoms with Gasteiger partial charge in [-0.25, -0.2) is 0 Å².